The molecule has 0 saturated heterocycles. The third-order valence-corrected chi connectivity index (χ3v) is 5.84. The fourth-order valence-electron chi connectivity index (χ4n) is 4.50. The van der Waals surface area contributed by atoms with Crippen LogP contribution in [0.4, 0.5) is 0 Å². The van der Waals surface area contributed by atoms with Crippen molar-refractivity contribution in [2.45, 2.75) is 12.8 Å². The molecule has 0 spiro atoms. The molecule has 28 heavy (non-hydrogen) atoms. The highest BCUT2D eigenvalue weighted by Crippen LogP contribution is 2.43. The molecule has 2 nitrogen and oxygen atoms in total. The van der Waals surface area contributed by atoms with E-state index >= 15 is 0 Å². The normalized spacial score (nSPS) is 12.7. The van der Waals surface area contributed by atoms with Crippen molar-refractivity contribution in [1.29, 1.82) is 0 Å². The quantitative estimate of drug-likeness (QED) is 0.275. The van der Waals surface area contributed by atoms with E-state index in [1.54, 1.807) is 0 Å². The Bertz CT molecular complexity index is 1130. The van der Waals surface area contributed by atoms with E-state index in [1.807, 2.05) is 24.3 Å². The molecule has 0 atom stereocenters. The summed E-state index contributed by atoms with van der Waals surface area (Å²) in [6.07, 6.45) is 1.76. The third kappa shape index (κ3) is 2.28. The zero-order valence-corrected chi connectivity index (χ0v) is 15.3. The van der Waals surface area contributed by atoms with Crippen molar-refractivity contribution in [3.05, 3.63) is 107 Å². The standard InChI is InChI=1S/C26H18O2/c1-3-9-19-17(7-1)15-23-21(19)11-5-13-25(23)27-28-26-14-6-12-22-20-10-4-2-8-18(20)16-24(22)26/h1-14H,15-16H2. The van der Waals surface area contributed by atoms with Crippen LogP contribution in [0.15, 0.2) is 84.9 Å². The molecule has 0 saturated carbocycles. The minimum absolute atomic E-state index is 0.793. The molecule has 2 heteroatoms. The van der Waals surface area contributed by atoms with Gasteiger partial charge in [0.1, 0.15) is 0 Å². The lowest BCUT2D eigenvalue weighted by molar-refractivity contribution is -0.101. The lowest BCUT2D eigenvalue weighted by Crippen LogP contribution is -2.04. The smallest absolute Gasteiger partial charge is 0.182 e. The zero-order valence-electron chi connectivity index (χ0n) is 15.3. The van der Waals surface area contributed by atoms with Crippen LogP contribution in [0.3, 0.4) is 0 Å². The third-order valence-electron chi connectivity index (χ3n) is 5.84. The number of benzene rings is 4. The lowest BCUT2D eigenvalue weighted by Gasteiger charge is -2.12. The molecule has 4 aromatic carbocycles. The van der Waals surface area contributed by atoms with E-state index in [0.29, 0.717) is 0 Å². The van der Waals surface area contributed by atoms with E-state index < -0.39 is 0 Å². The molecule has 0 N–H and O–H groups in total. The predicted molar refractivity (Wildman–Crippen MR) is 111 cm³/mol. The van der Waals surface area contributed by atoms with Crippen LogP contribution in [0.1, 0.15) is 22.3 Å². The minimum atomic E-state index is 0.793. The summed E-state index contributed by atoms with van der Waals surface area (Å²) >= 11 is 0. The first-order valence-corrected chi connectivity index (χ1v) is 9.63. The van der Waals surface area contributed by atoms with Crippen LogP contribution < -0.4 is 9.78 Å². The number of hydrogen-bond acceptors (Lipinski definition) is 2. The molecular weight excluding hydrogens is 344 g/mol. The molecule has 4 aromatic rings. The Hall–Kier alpha value is -3.52. The maximum absolute atomic E-state index is 5.89. The van der Waals surface area contributed by atoms with Crippen LogP contribution in [-0.4, -0.2) is 0 Å². The summed E-state index contributed by atoms with van der Waals surface area (Å²) in [7, 11) is 0. The van der Waals surface area contributed by atoms with Gasteiger partial charge in [0, 0.05) is 24.0 Å². The van der Waals surface area contributed by atoms with E-state index in [0.717, 1.165) is 24.3 Å². The van der Waals surface area contributed by atoms with Gasteiger partial charge in [0.2, 0.25) is 0 Å². The van der Waals surface area contributed by atoms with Crippen molar-refractivity contribution in [2.75, 3.05) is 0 Å². The van der Waals surface area contributed by atoms with Gasteiger partial charge in [-0.15, -0.1) is 0 Å². The molecule has 2 aliphatic rings. The topological polar surface area (TPSA) is 18.5 Å². The number of rotatable bonds is 3. The fraction of sp³-hybridized carbons (Fsp3) is 0.0769. The first-order valence-electron chi connectivity index (χ1n) is 9.63. The Morgan fingerprint density at radius 3 is 1.36 bits per heavy atom. The van der Waals surface area contributed by atoms with Crippen molar-refractivity contribution in [2.24, 2.45) is 0 Å². The molecule has 134 valence electrons. The summed E-state index contributed by atoms with van der Waals surface area (Å²) in [4.78, 5) is 11.8. The van der Waals surface area contributed by atoms with Gasteiger partial charge in [-0.3, -0.25) is 9.78 Å². The Balaban J connectivity index is 1.32. The van der Waals surface area contributed by atoms with Gasteiger partial charge in [-0.25, -0.2) is 0 Å². The average molecular weight is 362 g/mol. The SMILES string of the molecule is c1ccc2c(c1)Cc1c(OOc3cccc4c3Cc3ccccc3-4)cccc1-2. The van der Waals surface area contributed by atoms with Gasteiger partial charge < -0.3 is 0 Å². The molecule has 2 aliphatic carbocycles. The summed E-state index contributed by atoms with van der Waals surface area (Å²) in [5.74, 6) is 1.59. The Morgan fingerprint density at radius 1 is 0.429 bits per heavy atom. The predicted octanol–water partition coefficient (Wildman–Crippen LogP) is 6.20. The maximum Gasteiger partial charge on any atom is 0.182 e. The van der Waals surface area contributed by atoms with E-state index in [-0.39, 0.29) is 0 Å². The van der Waals surface area contributed by atoms with Gasteiger partial charge in [0.05, 0.1) is 0 Å². The highest BCUT2D eigenvalue weighted by atomic mass is 17.2. The molecule has 0 unspecified atom stereocenters. The van der Waals surface area contributed by atoms with E-state index in [2.05, 4.69) is 60.7 Å². The molecule has 0 aromatic heterocycles. The van der Waals surface area contributed by atoms with Crippen LogP contribution in [0, 0.1) is 0 Å². The first kappa shape index (κ1) is 15.5. The fourth-order valence-corrected chi connectivity index (χ4v) is 4.50. The second-order valence-electron chi connectivity index (χ2n) is 7.40. The van der Waals surface area contributed by atoms with Crippen molar-refractivity contribution in [3.63, 3.8) is 0 Å². The molecule has 0 amide bonds. The van der Waals surface area contributed by atoms with Crippen LogP contribution in [0.25, 0.3) is 22.3 Å². The summed E-state index contributed by atoms with van der Waals surface area (Å²) in [5.41, 5.74) is 10.1. The molecular formula is C26H18O2. The summed E-state index contributed by atoms with van der Waals surface area (Å²) in [6, 6.07) is 29.4. The molecule has 0 radical (unpaired) electrons. The van der Waals surface area contributed by atoms with Crippen LogP contribution >= 0.6 is 0 Å². The summed E-state index contributed by atoms with van der Waals surface area (Å²) < 4.78 is 0. The monoisotopic (exact) mass is 362 g/mol. The van der Waals surface area contributed by atoms with Gasteiger partial charge >= 0.3 is 0 Å². The summed E-state index contributed by atoms with van der Waals surface area (Å²) in [6.45, 7) is 0. The van der Waals surface area contributed by atoms with Gasteiger partial charge in [0.15, 0.2) is 11.5 Å². The highest BCUT2D eigenvalue weighted by molar-refractivity contribution is 5.80. The zero-order chi connectivity index (χ0) is 18.5. The Labute approximate surface area is 163 Å². The minimum Gasteiger partial charge on any atom is -0.290 e. The van der Waals surface area contributed by atoms with Crippen LogP contribution in [0.2, 0.25) is 0 Å². The molecule has 0 bridgehead atoms. The highest BCUT2D eigenvalue weighted by Gasteiger charge is 2.24. The molecule has 0 heterocycles. The van der Waals surface area contributed by atoms with Crippen molar-refractivity contribution < 1.29 is 9.78 Å². The van der Waals surface area contributed by atoms with Gasteiger partial charge in [-0.05, 0) is 45.5 Å². The van der Waals surface area contributed by atoms with Crippen molar-refractivity contribution >= 4 is 0 Å². The number of hydrogen-bond donors (Lipinski definition) is 0. The van der Waals surface area contributed by atoms with Crippen LogP contribution in [0.5, 0.6) is 11.5 Å². The van der Waals surface area contributed by atoms with Crippen LogP contribution in [-0.2, 0) is 12.8 Å². The van der Waals surface area contributed by atoms with E-state index in [9.17, 15) is 0 Å². The number of fused-ring (bicyclic) bond motifs is 6. The second-order valence-corrected chi connectivity index (χ2v) is 7.40. The molecule has 0 aliphatic heterocycles. The Morgan fingerprint density at radius 2 is 0.857 bits per heavy atom. The van der Waals surface area contributed by atoms with Crippen molar-refractivity contribution in [3.8, 4) is 33.8 Å². The van der Waals surface area contributed by atoms with Gasteiger partial charge in [0.25, 0.3) is 0 Å². The van der Waals surface area contributed by atoms with Gasteiger partial charge in [-0.2, -0.15) is 0 Å². The first-order chi connectivity index (χ1) is 13.9. The second kappa shape index (κ2) is 6.00. The largest absolute Gasteiger partial charge is 0.290 e. The molecule has 0 fully saturated rings. The van der Waals surface area contributed by atoms with E-state index in [1.165, 1.54) is 44.5 Å². The molecule has 6 rings (SSSR count). The maximum atomic E-state index is 5.89. The van der Waals surface area contributed by atoms with Crippen molar-refractivity contribution in [1.82, 2.24) is 0 Å². The Kier molecular flexibility index (Phi) is 3.33. The van der Waals surface area contributed by atoms with E-state index in [4.69, 9.17) is 9.78 Å². The summed E-state index contributed by atoms with van der Waals surface area (Å²) in [5, 5.41) is 0. The average Bonchev–Trinajstić information content (AvgIpc) is 3.31. The lowest BCUT2D eigenvalue weighted by atomic mass is 10.1. The van der Waals surface area contributed by atoms with Gasteiger partial charge in [-0.1, -0.05) is 72.8 Å².